The lowest BCUT2D eigenvalue weighted by atomic mass is 10.6. The molecule has 0 radical (unpaired) electrons. The fourth-order valence-corrected chi connectivity index (χ4v) is 4.31. The number of halogens is 1. The Hall–Kier alpha value is -0.0700. The van der Waals surface area contributed by atoms with Crippen molar-refractivity contribution in [3.05, 3.63) is 12.7 Å². The number of rotatable bonds is 7. The van der Waals surface area contributed by atoms with Gasteiger partial charge in [-0.25, -0.2) is 4.79 Å². The second kappa shape index (κ2) is 9.18. The van der Waals surface area contributed by atoms with Crippen LogP contribution in [0, 0.1) is 0 Å². The second-order valence-electron chi connectivity index (χ2n) is 3.39. The van der Waals surface area contributed by atoms with E-state index in [-0.39, 0.29) is 18.4 Å². The fourth-order valence-electron chi connectivity index (χ4n) is 1.54. The van der Waals surface area contributed by atoms with E-state index in [1.807, 2.05) is 0 Å². The largest absolute Gasteiger partial charge is 1.00 e. The fraction of sp³-hybridized carbons (Fsp3) is 0.727. The summed E-state index contributed by atoms with van der Waals surface area (Å²) in [5, 5.41) is 0. The maximum absolute atomic E-state index is 10.8. The highest BCUT2D eigenvalue weighted by molar-refractivity contribution is 7.75. The zero-order valence-corrected chi connectivity index (χ0v) is 11.6. The highest BCUT2D eigenvalue weighted by Crippen LogP contribution is 2.57. The van der Waals surface area contributed by atoms with Gasteiger partial charge in [0.2, 0.25) is 0 Å². The molecule has 0 fully saturated rings. The molecule has 0 atom stereocenters. The topological polar surface area (TPSA) is 26.3 Å². The molecule has 0 N–H and O–H groups in total. The van der Waals surface area contributed by atoms with Crippen LogP contribution >= 0.6 is 7.26 Å². The van der Waals surface area contributed by atoms with Gasteiger partial charge in [-0.1, -0.05) is 6.58 Å². The van der Waals surface area contributed by atoms with Gasteiger partial charge in [0.05, 0.1) is 24.6 Å². The van der Waals surface area contributed by atoms with E-state index in [1.54, 1.807) is 0 Å². The van der Waals surface area contributed by atoms with E-state index in [4.69, 9.17) is 4.74 Å². The Kier molecular flexibility index (Phi) is 10.6. The van der Waals surface area contributed by atoms with Crippen LogP contribution in [0.4, 0.5) is 0 Å². The Bertz CT molecular complexity index is 183. The van der Waals surface area contributed by atoms with E-state index in [0.29, 0.717) is 6.61 Å². The summed E-state index contributed by atoms with van der Waals surface area (Å²) in [5.41, 5.74) is 0. The lowest BCUT2D eigenvalue weighted by molar-refractivity contribution is -0.137. The van der Waals surface area contributed by atoms with Crippen molar-refractivity contribution in [3.8, 4) is 0 Å². The molecule has 15 heavy (non-hydrogen) atoms. The summed E-state index contributed by atoms with van der Waals surface area (Å²) in [5.74, 6) is -0.300. The van der Waals surface area contributed by atoms with E-state index in [1.165, 1.54) is 24.6 Å². The predicted octanol–water partition coefficient (Wildman–Crippen LogP) is -0.203. The molecule has 0 aromatic rings. The zero-order valence-electron chi connectivity index (χ0n) is 9.96. The Morgan fingerprint density at radius 2 is 1.73 bits per heavy atom. The smallest absolute Gasteiger partial charge is 0.330 e. The van der Waals surface area contributed by atoms with Crippen molar-refractivity contribution in [2.75, 3.05) is 31.3 Å². The average Bonchev–Trinajstić information content (AvgIpc) is 2.25. The van der Waals surface area contributed by atoms with E-state index in [2.05, 4.69) is 27.4 Å². The number of hydrogen-bond donors (Lipinski definition) is 0. The third-order valence-corrected chi connectivity index (χ3v) is 8.15. The Morgan fingerprint density at radius 3 is 2.07 bits per heavy atom. The monoisotopic (exact) mass is 252 g/mol. The molecule has 0 unspecified atom stereocenters. The number of esters is 1. The van der Waals surface area contributed by atoms with Gasteiger partial charge in [0.25, 0.3) is 0 Å². The van der Waals surface area contributed by atoms with Crippen molar-refractivity contribution < 1.29 is 21.9 Å². The quantitative estimate of drug-likeness (QED) is 0.356. The highest BCUT2D eigenvalue weighted by atomic mass is 35.5. The van der Waals surface area contributed by atoms with Crippen LogP contribution in [-0.2, 0) is 9.53 Å². The first kappa shape index (κ1) is 17.3. The first-order valence-corrected chi connectivity index (χ1v) is 7.81. The minimum atomic E-state index is -0.817. The third-order valence-electron chi connectivity index (χ3n) is 2.99. The minimum absolute atomic E-state index is 0. The first-order valence-electron chi connectivity index (χ1n) is 5.28. The lowest BCUT2D eigenvalue weighted by Gasteiger charge is -2.22. The van der Waals surface area contributed by atoms with Crippen LogP contribution in [0.2, 0.25) is 0 Å². The highest BCUT2D eigenvalue weighted by Gasteiger charge is 2.30. The molecule has 0 aliphatic heterocycles. The van der Waals surface area contributed by atoms with E-state index < -0.39 is 7.26 Å². The summed E-state index contributed by atoms with van der Waals surface area (Å²) >= 11 is 0. The van der Waals surface area contributed by atoms with E-state index in [9.17, 15) is 4.79 Å². The molecule has 0 heterocycles. The van der Waals surface area contributed by atoms with Crippen LogP contribution in [0.1, 0.15) is 20.8 Å². The van der Waals surface area contributed by atoms with Gasteiger partial charge in [0, 0.05) is 13.3 Å². The standard InChI is InChI=1S/C11H22O2P.ClH/c1-5-11(12)13-9-10-14(6-2,7-3)8-4;/h5H,1,6-10H2,2-4H3;1H/q+1;/p-1. The van der Waals surface area contributed by atoms with Gasteiger partial charge in [0.1, 0.15) is 6.61 Å². The van der Waals surface area contributed by atoms with Gasteiger partial charge in [0.15, 0.2) is 0 Å². The molecule has 0 amide bonds. The van der Waals surface area contributed by atoms with Crippen LogP contribution < -0.4 is 12.4 Å². The van der Waals surface area contributed by atoms with Crippen molar-refractivity contribution in [1.82, 2.24) is 0 Å². The average molecular weight is 253 g/mol. The van der Waals surface area contributed by atoms with Crippen LogP contribution in [0.3, 0.4) is 0 Å². The molecule has 2 nitrogen and oxygen atoms in total. The summed E-state index contributed by atoms with van der Waals surface area (Å²) in [6.07, 6.45) is 6.06. The molecular weight excluding hydrogens is 231 g/mol. The Balaban J connectivity index is 0. The van der Waals surface area contributed by atoms with Crippen LogP contribution in [0.25, 0.3) is 0 Å². The molecule has 0 spiro atoms. The summed E-state index contributed by atoms with van der Waals surface area (Å²) in [6, 6.07) is 0. The van der Waals surface area contributed by atoms with Gasteiger partial charge in [-0.15, -0.1) is 0 Å². The van der Waals surface area contributed by atoms with Crippen molar-refractivity contribution in [2.45, 2.75) is 20.8 Å². The maximum Gasteiger partial charge on any atom is 0.330 e. The van der Waals surface area contributed by atoms with E-state index >= 15 is 0 Å². The molecule has 0 saturated heterocycles. The first-order chi connectivity index (χ1) is 6.64. The van der Waals surface area contributed by atoms with Crippen molar-refractivity contribution >= 4 is 13.2 Å². The molecule has 90 valence electrons. The molecule has 0 bridgehead atoms. The van der Waals surface area contributed by atoms with Gasteiger partial charge < -0.3 is 17.1 Å². The SMILES string of the molecule is C=CC(=O)OCC[P+](CC)(CC)CC.[Cl-]. The Labute approximate surface area is 100 Å². The molecular formula is C11H22ClO2P. The Morgan fingerprint density at radius 1 is 1.27 bits per heavy atom. The molecule has 0 rings (SSSR count). The minimum Gasteiger partial charge on any atom is -1.00 e. The van der Waals surface area contributed by atoms with Crippen molar-refractivity contribution in [2.24, 2.45) is 0 Å². The van der Waals surface area contributed by atoms with E-state index in [0.717, 1.165) is 6.16 Å². The summed E-state index contributed by atoms with van der Waals surface area (Å²) in [6.45, 7) is 10.7. The van der Waals surface area contributed by atoms with Crippen molar-refractivity contribution in [3.63, 3.8) is 0 Å². The zero-order chi connectivity index (χ0) is 11.0. The molecule has 0 aromatic heterocycles. The van der Waals surface area contributed by atoms with Gasteiger partial charge in [-0.3, -0.25) is 0 Å². The number of carbonyl (C=O) groups excluding carboxylic acids is 1. The van der Waals surface area contributed by atoms with Crippen molar-refractivity contribution in [1.29, 1.82) is 0 Å². The molecule has 4 heteroatoms. The van der Waals surface area contributed by atoms with Crippen LogP contribution in [0.5, 0.6) is 0 Å². The normalized spacial score (nSPS) is 10.3. The lowest BCUT2D eigenvalue weighted by Crippen LogP contribution is -3.00. The van der Waals surface area contributed by atoms with Crippen LogP contribution in [0.15, 0.2) is 12.7 Å². The second-order valence-corrected chi connectivity index (χ2v) is 8.41. The maximum atomic E-state index is 10.8. The number of ether oxygens (including phenoxy) is 1. The van der Waals surface area contributed by atoms with Gasteiger partial charge in [-0.2, -0.15) is 0 Å². The summed E-state index contributed by atoms with van der Waals surface area (Å²) in [7, 11) is -0.817. The molecule has 0 aliphatic rings. The summed E-state index contributed by atoms with van der Waals surface area (Å²) < 4.78 is 5.02. The number of carbonyl (C=O) groups is 1. The number of hydrogen-bond acceptors (Lipinski definition) is 2. The molecule has 0 aliphatic carbocycles. The predicted molar refractivity (Wildman–Crippen MR) is 64.6 cm³/mol. The van der Waals surface area contributed by atoms with Gasteiger partial charge >= 0.3 is 5.97 Å². The third kappa shape index (κ3) is 6.17. The molecule has 0 saturated carbocycles. The van der Waals surface area contributed by atoms with Gasteiger partial charge in [-0.05, 0) is 20.8 Å². The molecule has 0 aromatic carbocycles. The van der Waals surface area contributed by atoms with Crippen LogP contribution in [-0.4, -0.2) is 37.2 Å². The summed E-state index contributed by atoms with van der Waals surface area (Å²) in [4.78, 5) is 10.8.